The SMILES string of the molecule is N#Cc1ccc2nc(N(Cc3cccnc3)C(=O)C3CCCCC3)sc2c1. The Kier molecular flexibility index (Phi) is 5.12. The Morgan fingerprint density at radius 1 is 1.26 bits per heavy atom. The van der Waals surface area contributed by atoms with E-state index in [4.69, 9.17) is 10.2 Å². The van der Waals surface area contributed by atoms with E-state index in [9.17, 15) is 4.79 Å². The standard InChI is InChI=1S/C21H20N4OS/c22-12-15-8-9-18-19(11-15)27-21(24-18)25(14-16-5-4-10-23-13-16)20(26)17-6-2-1-3-7-17/h4-5,8-11,13,17H,1-3,6-7,14H2. The van der Waals surface area contributed by atoms with Crippen LogP contribution in [-0.4, -0.2) is 15.9 Å². The number of rotatable bonds is 4. The largest absolute Gasteiger partial charge is 0.283 e. The molecule has 1 aromatic carbocycles. The molecule has 0 unspecified atom stereocenters. The second-order valence-electron chi connectivity index (χ2n) is 6.91. The number of pyridine rings is 1. The van der Waals surface area contributed by atoms with E-state index in [1.807, 2.05) is 29.2 Å². The van der Waals surface area contributed by atoms with Crippen LogP contribution in [-0.2, 0) is 11.3 Å². The zero-order chi connectivity index (χ0) is 18.6. The fourth-order valence-corrected chi connectivity index (χ4v) is 4.59. The molecule has 4 rings (SSSR count). The van der Waals surface area contributed by atoms with Gasteiger partial charge in [-0.3, -0.25) is 14.7 Å². The first-order valence-electron chi connectivity index (χ1n) is 9.25. The molecule has 0 radical (unpaired) electrons. The third-order valence-electron chi connectivity index (χ3n) is 5.02. The molecule has 1 aliphatic rings. The number of benzene rings is 1. The van der Waals surface area contributed by atoms with Crippen LogP contribution in [0.15, 0.2) is 42.7 Å². The predicted octanol–water partition coefficient (Wildman–Crippen LogP) is 4.68. The Hall–Kier alpha value is -2.78. The normalized spacial score (nSPS) is 14.8. The Morgan fingerprint density at radius 3 is 2.85 bits per heavy atom. The van der Waals surface area contributed by atoms with E-state index in [2.05, 4.69) is 11.1 Å². The Morgan fingerprint density at radius 2 is 2.11 bits per heavy atom. The molecule has 1 fully saturated rings. The third kappa shape index (κ3) is 3.83. The monoisotopic (exact) mass is 376 g/mol. The van der Waals surface area contributed by atoms with Crippen LogP contribution in [0.25, 0.3) is 10.2 Å². The van der Waals surface area contributed by atoms with Crippen molar-refractivity contribution in [3.63, 3.8) is 0 Å². The summed E-state index contributed by atoms with van der Waals surface area (Å²) in [5.41, 5.74) is 2.41. The minimum absolute atomic E-state index is 0.0668. The maximum absolute atomic E-state index is 13.3. The first-order chi connectivity index (χ1) is 13.2. The second-order valence-corrected chi connectivity index (χ2v) is 7.92. The van der Waals surface area contributed by atoms with Crippen LogP contribution < -0.4 is 4.90 Å². The predicted molar refractivity (Wildman–Crippen MR) is 106 cm³/mol. The van der Waals surface area contributed by atoms with Gasteiger partial charge in [0.1, 0.15) is 0 Å². The lowest BCUT2D eigenvalue weighted by Crippen LogP contribution is -2.36. The minimum Gasteiger partial charge on any atom is -0.283 e. The third-order valence-corrected chi connectivity index (χ3v) is 6.06. The first kappa shape index (κ1) is 17.6. The molecule has 2 aromatic heterocycles. The van der Waals surface area contributed by atoms with Crippen LogP contribution in [0.3, 0.4) is 0 Å². The van der Waals surface area contributed by atoms with Gasteiger partial charge in [-0.15, -0.1) is 0 Å². The summed E-state index contributed by atoms with van der Waals surface area (Å²) in [7, 11) is 0. The molecule has 0 bridgehead atoms. The molecule has 0 aliphatic heterocycles. The molecule has 0 atom stereocenters. The van der Waals surface area contributed by atoms with E-state index in [1.165, 1.54) is 17.8 Å². The number of aromatic nitrogens is 2. The molecule has 0 saturated heterocycles. The summed E-state index contributed by atoms with van der Waals surface area (Å²) < 4.78 is 0.927. The smallest absolute Gasteiger partial charge is 0.232 e. The van der Waals surface area contributed by atoms with Gasteiger partial charge in [0.05, 0.1) is 28.4 Å². The lowest BCUT2D eigenvalue weighted by Gasteiger charge is -2.27. The van der Waals surface area contributed by atoms with Crippen molar-refractivity contribution in [2.24, 2.45) is 5.92 Å². The van der Waals surface area contributed by atoms with E-state index in [0.717, 1.165) is 41.5 Å². The molecule has 2 heterocycles. The Balaban J connectivity index is 1.70. The van der Waals surface area contributed by atoms with Gasteiger partial charge in [-0.2, -0.15) is 5.26 Å². The molecule has 5 nitrogen and oxygen atoms in total. The highest BCUT2D eigenvalue weighted by Gasteiger charge is 2.29. The van der Waals surface area contributed by atoms with Gasteiger partial charge < -0.3 is 0 Å². The Bertz CT molecular complexity index is 986. The summed E-state index contributed by atoms with van der Waals surface area (Å²) in [5.74, 6) is 0.218. The maximum Gasteiger partial charge on any atom is 0.232 e. The Labute approximate surface area is 162 Å². The molecule has 0 N–H and O–H groups in total. The van der Waals surface area contributed by atoms with Crippen molar-refractivity contribution in [2.75, 3.05) is 4.90 Å². The van der Waals surface area contributed by atoms with Gasteiger partial charge in [-0.25, -0.2) is 4.98 Å². The van der Waals surface area contributed by atoms with Crippen molar-refractivity contribution in [1.82, 2.24) is 9.97 Å². The minimum atomic E-state index is 0.0668. The van der Waals surface area contributed by atoms with Gasteiger partial charge in [-0.1, -0.05) is 36.7 Å². The van der Waals surface area contributed by atoms with Gasteiger partial charge >= 0.3 is 0 Å². The highest BCUT2D eigenvalue weighted by atomic mass is 32.1. The zero-order valence-corrected chi connectivity index (χ0v) is 15.8. The number of nitrogens with zero attached hydrogens (tertiary/aromatic N) is 4. The van der Waals surface area contributed by atoms with Gasteiger partial charge in [0.2, 0.25) is 5.91 Å². The highest BCUT2D eigenvalue weighted by molar-refractivity contribution is 7.22. The molecule has 6 heteroatoms. The quantitative estimate of drug-likeness (QED) is 0.663. The molecule has 1 saturated carbocycles. The number of anilines is 1. The van der Waals surface area contributed by atoms with Gasteiger partial charge in [0, 0.05) is 18.3 Å². The van der Waals surface area contributed by atoms with E-state index in [1.54, 1.807) is 18.5 Å². The van der Waals surface area contributed by atoms with Crippen molar-refractivity contribution in [3.8, 4) is 6.07 Å². The summed E-state index contributed by atoms with van der Waals surface area (Å²) in [6.45, 7) is 0.466. The van der Waals surface area contributed by atoms with Gasteiger partial charge in [0.15, 0.2) is 5.13 Å². The highest BCUT2D eigenvalue weighted by Crippen LogP contribution is 2.33. The van der Waals surface area contributed by atoms with Gasteiger partial charge in [0.25, 0.3) is 0 Å². The molecule has 0 spiro atoms. The number of thiazole rings is 1. The number of hydrogen-bond donors (Lipinski definition) is 0. The van der Waals surface area contributed by atoms with E-state index in [0.29, 0.717) is 17.2 Å². The van der Waals surface area contributed by atoms with Crippen LogP contribution in [0, 0.1) is 17.2 Å². The van der Waals surface area contributed by atoms with Crippen LogP contribution in [0.5, 0.6) is 0 Å². The van der Waals surface area contributed by atoms with Crippen LogP contribution >= 0.6 is 11.3 Å². The number of hydrogen-bond acceptors (Lipinski definition) is 5. The number of carbonyl (C=O) groups is 1. The number of carbonyl (C=O) groups excluding carboxylic acids is 1. The second kappa shape index (κ2) is 7.85. The molecule has 3 aromatic rings. The van der Waals surface area contributed by atoms with Crippen LogP contribution in [0.1, 0.15) is 43.2 Å². The molecular formula is C21H20N4OS. The van der Waals surface area contributed by atoms with Crippen molar-refractivity contribution in [1.29, 1.82) is 5.26 Å². The van der Waals surface area contributed by atoms with Crippen molar-refractivity contribution in [3.05, 3.63) is 53.9 Å². The fraction of sp³-hybridized carbons (Fsp3) is 0.333. The van der Waals surface area contributed by atoms with E-state index < -0.39 is 0 Å². The molecule has 1 aliphatic carbocycles. The number of nitriles is 1. The molecule has 27 heavy (non-hydrogen) atoms. The zero-order valence-electron chi connectivity index (χ0n) is 15.0. The molecule has 136 valence electrons. The lowest BCUT2D eigenvalue weighted by molar-refractivity contribution is -0.123. The average molecular weight is 376 g/mol. The van der Waals surface area contributed by atoms with Crippen LogP contribution in [0.4, 0.5) is 5.13 Å². The van der Waals surface area contributed by atoms with Crippen molar-refractivity contribution in [2.45, 2.75) is 38.6 Å². The topological polar surface area (TPSA) is 69.9 Å². The lowest BCUT2D eigenvalue weighted by atomic mass is 9.88. The summed E-state index contributed by atoms with van der Waals surface area (Å²) >= 11 is 1.47. The van der Waals surface area contributed by atoms with E-state index >= 15 is 0 Å². The first-order valence-corrected chi connectivity index (χ1v) is 10.1. The fourth-order valence-electron chi connectivity index (χ4n) is 3.58. The van der Waals surface area contributed by atoms with Crippen LogP contribution in [0.2, 0.25) is 0 Å². The van der Waals surface area contributed by atoms with Crippen molar-refractivity contribution < 1.29 is 4.79 Å². The summed E-state index contributed by atoms with van der Waals surface area (Å²) in [6.07, 6.45) is 8.87. The van der Waals surface area contributed by atoms with Crippen molar-refractivity contribution >= 4 is 32.6 Å². The average Bonchev–Trinajstić information content (AvgIpc) is 3.15. The molecular weight excluding hydrogens is 356 g/mol. The maximum atomic E-state index is 13.3. The molecule has 1 amide bonds. The summed E-state index contributed by atoms with van der Waals surface area (Å²) in [4.78, 5) is 24.0. The van der Waals surface area contributed by atoms with Gasteiger partial charge in [-0.05, 0) is 42.7 Å². The van der Waals surface area contributed by atoms with E-state index in [-0.39, 0.29) is 11.8 Å². The summed E-state index contributed by atoms with van der Waals surface area (Å²) in [6, 6.07) is 11.5. The number of fused-ring (bicyclic) bond motifs is 1. The number of amides is 1. The summed E-state index contributed by atoms with van der Waals surface area (Å²) in [5, 5.41) is 9.82.